The SMILES string of the molecule is O=C(CCC1CO1)Oc1ccc(N=[N+]([O-])c2ccc(OC(=O)CCC3CO3)cc2)cc1. The first kappa shape index (κ1) is 21.0. The highest BCUT2D eigenvalue weighted by Crippen LogP contribution is 2.24. The molecular weight excluding hydrogens is 404 g/mol. The molecule has 162 valence electrons. The third-order valence-corrected chi connectivity index (χ3v) is 4.71. The molecule has 0 N–H and O–H groups in total. The lowest BCUT2D eigenvalue weighted by Gasteiger charge is -2.05. The summed E-state index contributed by atoms with van der Waals surface area (Å²) in [4.78, 5) is 24.0. The lowest BCUT2D eigenvalue weighted by atomic mass is 10.2. The molecule has 2 unspecified atom stereocenters. The zero-order valence-electron chi connectivity index (χ0n) is 16.8. The fraction of sp³-hybridized carbons (Fsp3) is 0.364. The van der Waals surface area contributed by atoms with Crippen LogP contribution in [0.25, 0.3) is 0 Å². The molecule has 2 aromatic rings. The highest BCUT2D eigenvalue weighted by atomic mass is 16.6. The summed E-state index contributed by atoms with van der Waals surface area (Å²) in [7, 11) is 0. The largest absolute Gasteiger partial charge is 0.594 e. The maximum absolute atomic E-state index is 12.3. The standard InChI is InChI=1S/C22H22N2O7/c25-21(11-9-19-13-28-19)30-17-5-1-15(2-6-17)23-24(27)16-3-7-18(8-4-16)31-22(26)12-10-20-14-29-20/h1-8,19-20H,9-14H2. The van der Waals surface area contributed by atoms with Crippen LogP contribution < -0.4 is 9.47 Å². The molecule has 2 heterocycles. The minimum Gasteiger partial charge on any atom is -0.594 e. The van der Waals surface area contributed by atoms with Gasteiger partial charge in [-0.1, -0.05) is 4.86 Å². The fourth-order valence-corrected chi connectivity index (χ4v) is 2.78. The molecule has 31 heavy (non-hydrogen) atoms. The number of azo groups is 1. The van der Waals surface area contributed by atoms with E-state index < -0.39 is 0 Å². The van der Waals surface area contributed by atoms with Crippen molar-refractivity contribution in [2.24, 2.45) is 5.11 Å². The second-order valence-corrected chi connectivity index (χ2v) is 7.30. The molecule has 2 aliphatic heterocycles. The molecule has 2 fully saturated rings. The van der Waals surface area contributed by atoms with Gasteiger partial charge in [0.15, 0.2) is 0 Å². The molecule has 0 saturated carbocycles. The summed E-state index contributed by atoms with van der Waals surface area (Å²) in [5, 5.41) is 16.2. The van der Waals surface area contributed by atoms with Crippen molar-refractivity contribution in [1.82, 2.24) is 0 Å². The first-order chi connectivity index (χ1) is 15.0. The molecule has 0 radical (unpaired) electrons. The van der Waals surface area contributed by atoms with Gasteiger partial charge < -0.3 is 24.2 Å². The van der Waals surface area contributed by atoms with Gasteiger partial charge in [0, 0.05) is 30.1 Å². The van der Waals surface area contributed by atoms with E-state index in [0.717, 1.165) is 0 Å². The van der Waals surface area contributed by atoms with Gasteiger partial charge in [-0.15, -0.1) is 0 Å². The van der Waals surface area contributed by atoms with Crippen molar-refractivity contribution in [1.29, 1.82) is 0 Å². The van der Waals surface area contributed by atoms with E-state index in [1.54, 1.807) is 24.3 Å². The maximum Gasteiger partial charge on any atom is 0.311 e. The Morgan fingerprint density at radius 1 is 0.871 bits per heavy atom. The summed E-state index contributed by atoms with van der Waals surface area (Å²) in [5.41, 5.74) is 0.683. The third-order valence-electron chi connectivity index (χ3n) is 4.71. The molecule has 0 aromatic heterocycles. The number of hydrogen-bond acceptors (Lipinski definition) is 8. The molecule has 0 aliphatic carbocycles. The number of esters is 2. The van der Waals surface area contributed by atoms with E-state index in [9.17, 15) is 14.8 Å². The van der Waals surface area contributed by atoms with Crippen LogP contribution in [0, 0.1) is 5.21 Å². The van der Waals surface area contributed by atoms with Gasteiger partial charge in [-0.25, -0.2) is 0 Å². The first-order valence-electron chi connectivity index (χ1n) is 10.1. The number of rotatable bonds is 10. The van der Waals surface area contributed by atoms with Gasteiger partial charge in [0.2, 0.25) is 5.69 Å². The summed E-state index contributed by atoms with van der Waals surface area (Å²) < 4.78 is 20.6. The lowest BCUT2D eigenvalue weighted by molar-refractivity contribution is -0.435. The van der Waals surface area contributed by atoms with Crippen molar-refractivity contribution in [2.75, 3.05) is 13.2 Å². The molecule has 9 heteroatoms. The number of ether oxygens (including phenoxy) is 4. The van der Waals surface area contributed by atoms with Crippen LogP contribution in [0.3, 0.4) is 0 Å². The molecular formula is C22H22N2O7. The predicted molar refractivity (Wildman–Crippen MR) is 107 cm³/mol. The minimum absolute atomic E-state index is 0.175. The van der Waals surface area contributed by atoms with Gasteiger partial charge in [0.25, 0.3) is 0 Å². The molecule has 4 rings (SSSR count). The van der Waals surface area contributed by atoms with E-state index in [-0.39, 0.29) is 36.3 Å². The van der Waals surface area contributed by atoms with Crippen molar-refractivity contribution in [3.05, 3.63) is 53.7 Å². The van der Waals surface area contributed by atoms with Crippen LogP contribution >= 0.6 is 0 Å². The van der Waals surface area contributed by atoms with Crippen LogP contribution in [-0.2, 0) is 19.1 Å². The smallest absolute Gasteiger partial charge is 0.311 e. The van der Waals surface area contributed by atoms with Crippen LogP contribution in [0.2, 0.25) is 0 Å². The average molecular weight is 426 g/mol. The van der Waals surface area contributed by atoms with E-state index >= 15 is 0 Å². The van der Waals surface area contributed by atoms with Gasteiger partial charge in [-0.2, -0.15) is 0 Å². The van der Waals surface area contributed by atoms with Crippen LogP contribution in [0.4, 0.5) is 11.4 Å². The Bertz CT molecular complexity index is 949. The van der Waals surface area contributed by atoms with Gasteiger partial charge in [-0.05, 0) is 49.2 Å². The third kappa shape index (κ3) is 6.87. The number of hydrogen-bond donors (Lipinski definition) is 0. The van der Waals surface area contributed by atoms with E-state index in [1.165, 1.54) is 24.3 Å². The Balaban J connectivity index is 1.28. The van der Waals surface area contributed by atoms with Crippen LogP contribution in [0.5, 0.6) is 11.5 Å². The van der Waals surface area contributed by atoms with Crippen molar-refractivity contribution in [2.45, 2.75) is 37.9 Å². The summed E-state index contributed by atoms with van der Waals surface area (Å²) >= 11 is 0. The predicted octanol–water partition coefficient (Wildman–Crippen LogP) is 3.78. The van der Waals surface area contributed by atoms with E-state index in [0.29, 0.717) is 54.5 Å². The second-order valence-electron chi connectivity index (χ2n) is 7.30. The van der Waals surface area contributed by atoms with E-state index in [4.69, 9.17) is 18.9 Å². The number of carbonyl (C=O) groups is 2. The number of nitrogens with zero attached hydrogens (tertiary/aromatic N) is 2. The first-order valence-corrected chi connectivity index (χ1v) is 10.1. The van der Waals surface area contributed by atoms with Crippen molar-refractivity contribution in [3.8, 4) is 11.5 Å². The lowest BCUT2D eigenvalue weighted by Crippen LogP contribution is -2.08. The van der Waals surface area contributed by atoms with Crippen molar-refractivity contribution in [3.63, 3.8) is 0 Å². The van der Waals surface area contributed by atoms with Gasteiger partial charge in [0.05, 0.1) is 25.4 Å². The minimum atomic E-state index is -0.339. The van der Waals surface area contributed by atoms with Crippen molar-refractivity contribution < 1.29 is 33.4 Å². The number of benzene rings is 2. The molecule has 2 aliphatic rings. The molecule has 9 nitrogen and oxygen atoms in total. The van der Waals surface area contributed by atoms with Crippen LogP contribution in [0.1, 0.15) is 25.7 Å². The topological polar surface area (TPSA) is 116 Å². The fourth-order valence-electron chi connectivity index (χ4n) is 2.78. The molecule has 0 bridgehead atoms. The monoisotopic (exact) mass is 426 g/mol. The van der Waals surface area contributed by atoms with Gasteiger partial charge in [-0.3, -0.25) is 9.59 Å². The molecule has 2 atom stereocenters. The Labute approximate surface area is 178 Å². The van der Waals surface area contributed by atoms with E-state index in [1.807, 2.05) is 0 Å². The Morgan fingerprint density at radius 2 is 1.32 bits per heavy atom. The molecule has 2 saturated heterocycles. The summed E-state index contributed by atoms with van der Waals surface area (Å²) in [5.74, 6) is 0.0803. The van der Waals surface area contributed by atoms with Gasteiger partial charge in [0.1, 0.15) is 17.2 Å². The molecule has 2 aromatic carbocycles. The second kappa shape index (κ2) is 9.67. The normalized spacial score (nSPS) is 19.5. The summed E-state index contributed by atoms with van der Waals surface area (Å²) in [6.07, 6.45) is 2.25. The van der Waals surface area contributed by atoms with Crippen LogP contribution in [0.15, 0.2) is 53.6 Å². The zero-order valence-corrected chi connectivity index (χ0v) is 16.8. The van der Waals surface area contributed by atoms with Crippen molar-refractivity contribution >= 4 is 23.3 Å². The number of carbonyl (C=O) groups excluding carboxylic acids is 2. The molecule has 0 spiro atoms. The summed E-state index contributed by atoms with van der Waals surface area (Å²) in [6.45, 7) is 1.41. The molecule has 0 amide bonds. The Kier molecular flexibility index (Phi) is 6.54. The highest BCUT2D eigenvalue weighted by molar-refractivity contribution is 5.73. The average Bonchev–Trinajstić information content (AvgIpc) is 3.68. The van der Waals surface area contributed by atoms with Crippen LogP contribution in [-0.4, -0.2) is 42.2 Å². The highest BCUT2D eigenvalue weighted by Gasteiger charge is 2.24. The zero-order chi connectivity index (χ0) is 21.6. The van der Waals surface area contributed by atoms with Gasteiger partial charge >= 0.3 is 11.9 Å². The number of epoxide rings is 2. The summed E-state index contributed by atoms with van der Waals surface area (Å²) in [6, 6.07) is 12.4. The Morgan fingerprint density at radius 3 is 1.77 bits per heavy atom. The van der Waals surface area contributed by atoms with E-state index in [2.05, 4.69) is 5.11 Å². The Hall–Kier alpha value is -3.30. The maximum atomic E-state index is 12.3. The quantitative estimate of drug-likeness (QED) is 0.142.